The fourth-order valence-corrected chi connectivity index (χ4v) is 1.41. The Balaban J connectivity index is 3.08. The molecule has 0 atom stereocenters. The molecule has 1 aromatic rings. The zero-order valence-electron chi connectivity index (χ0n) is 8.69. The first kappa shape index (κ1) is 10.8. The molecule has 0 fully saturated rings. The first-order valence-electron chi connectivity index (χ1n) is 4.47. The van der Waals surface area contributed by atoms with Gasteiger partial charge in [-0.25, -0.2) is 4.39 Å². The molecule has 1 aromatic carbocycles. The van der Waals surface area contributed by atoms with Crippen LogP contribution in [0.4, 0.5) is 10.1 Å². The molecule has 3 heteroatoms. The Hall–Kier alpha value is -1.27. The average molecular weight is 207 g/mol. The standard InChI is InChI=1S/C11H14FNSi/c1-14(2,3)8-7-9-5-4-6-10(13)11(9)12/h4-6H,13H2,1-3H3. The predicted octanol–water partition coefficient (Wildman–Crippen LogP) is 2.64. The fourth-order valence-electron chi connectivity index (χ4n) is 0.901. The number of hydrogen-bond acceptors (Lipinski definition) is 1. The highest BCUT2D eigenvalue weighted by molar-refractivity contribution is 6.83. The third kappa shape index (κ3) is 2.89. The van der Waals surface area contributed by atoms with Crippen molar-refractivity contribution >= 4 is 13.8 Å². The monoisotopic (exact) mass is 207 g/mol. The summed E-state index contributed by atoms with van der Waals surface area (Å²) < 4.78 is 13.4. The van der Waals surface area contributed by atoms with E-state index in [-0.39, 0.29) is 5.69 Å². The molecule has 0 aliphatic rings. The van der Waals surface area contributed by atoms with Crippen LogP contribution in [0.2, 0.25) is 19.6 Å². The number of nitrogen functional groups attached to an aromatic ring is 1. The van der Waals surface area contributed by atoms with E-state index in [1.807, 2.05) is 0 Å². The van der Waals surface area contributed by atoms with E-state index < -0.39 is 13.9 Å². The molecule has 0 saturated carbocycles. The number of rotatable bonds is 0. The maximum absolute atomic E-state index is 13.4. The van der Waals surface area contributed by atoms with Crippen LogP contribution in [0.25, 0.3) is 0 Å². The van der Waals surface area contributed by atoms with Gasteiger partial charge in [0.05, 0.1) is 11.3 Å². The largest absolute Gasteiger partial charge is 0.396 e. The summed E-state index contributed by atoms with van der Waals surface area (Å²) in [7, 11) is -1.45. The van der Waals surface area contributed by atoms with Crippen LogP contribution >= 0.6 is 0 Å². The Morgan fingerprint density at radius 1 is 1.29 bits per heavy atom. The molecule has 1 rings (SSSR count). The lowest BCUT2D eigenvalue weighted by molar-refractivity contribution is 0.629. The molecular weight excluding hydrogens is 193 g/mol. The summed E-state index contributed by atoms with van der Waals surface area (Å²) in [5.41, 5.74) is 9.08. The maximum Gasteiger partial charge on any atom is 0.161 e. The predicted molar refractivity (Wildman–Crippen MR) is 61.0 cm³/mol. The lowest BCUT2D eigenvalue weighted by atomic mass is 10.2. The second-order valence-corrected chi connectivity index (χ2v) is 8.96. The van der Waals surface area contributed by atoms with Gasteiger partial charge in [-0.15, -0.1) is 5.54 Å². The molecule has 0 amide bonds. The van der Waals surface area contributed by atoms with Gasteiger partial charge in [0.25, 0.3) is 0 Å². The zero-order chi connectivity index (χ0) is 10.8. The molecule has 0 spiro atoms. The highest BCUT2D eigenvalue weighted by atomic mass is 28.3. The van der Waals surface area contributed by atoms with Crippen LogP contribution in [0.5, 0.6) is 0 Å². The van der Waals surface area contributed by atoms with Gasteiger partial charge in [-0.1, -0.05) is 31.6 Å². The van der Waals surface area contributed by atoms with Gasteiger partial charge in [-0.05, 0) is 12.1 Å². The molecular formula is C11H14FNSi. The Bertz CT molecular complexity index is 396. The SMILES string of the molecule is C[Si](C)(C)C#Cc1cccc(N)c1F. The zero-order valence-corrected chi connectivity index (χ0v) is 9.69. The van der Waals surface area contributed by atoms with Crippen molar-refractivity contribution in [3.63, 3.8) is 0 Å². The Morgan fingerprint density at radius 2 is 1.93 bits per heavy atom. The lowest BCUT2D eigenvalue weighted by Crippen LogP contribution is -2.16. The molecule has 0 unspecified atom stereocenters. The molecule has 0 radical (unpaired) electrons. The van der Waals surface area contributed by atoms with E-state index in [0.29, 0.717) is 5.56 Å². The number of benzene rings is 1. The van der Waals surface area contributed by atoms with E-state index in [4.69, 9.17) is 5.73 Å². The van der Waals surface area contributed by atoms with Crippen LogP contribution in [0, 0.1) is 17.3 Å². The summed E-state index contributed by atoms with van der Waals surface area (Å²) in [5, 5.41) is 0. The van der Waals surface area contributed by atoms with Crippen molar-refractivity contribution < 1.29 is 4.39 Å². The topological polar surface area (TPSA) is 26.0 Å². The average Bonchev–Trinajstić information content (AvgIpc) is 2.06. The number of nitrogens with two attached hydrogens (primary N) is 1. The maximum atomic E-state index is 13.4. The molecule has 74 valence electrons. The van der Waals surface area contributed by atoms with Crippen LogP contribution < -0.4 is 5.73 Å². The summed E-state index contributed by atoms with van der Waals surface area (Å²) in [5.74, 6) is 2.45. The molecule has 0 bridgehead atoms. The van der Waals surface area contributed by atoms with E-state index in [1.165, 1.54) is 6.07 Å². The van der Waals surface area contributed by atoms with E-state index >= 15 is 0 Å². The number of halogens is 1. The van der Waals surface area contributed by atoms with Crippen molar-refractivity contribution in [3.8, 4) is 11.5 Å². The van der Waals surface area contributed by atoms with Crippen molar-refractivity contribution in [2.45, 2.75) is 19.6 Å². The van der Waals surface area contributed by atoms with Gasteiger partial charge in [0, 0.05) is 0 Å². The summed E-state index contributed by atoms with van der Waals surface area (Å²) in [6.07, 6.45) is 0. The van der Waals surface area contributed by atoms with E-state index in [2.05, 4.69) is 31.1 Å². The molecule has 0 aromatic heterocycles. The minimum Gasteiger partial charge on any atom is -0.396 e. The van der Waals surface area contributed by atoms with Crippen LogP contribution in [-0.2, 0) is 0 Å². The van der Waals surface area contributed by atoms with Gasteiger partial charge in [0.1, 0.15) is 8.07 Å². The van der Waals surface area contributed by atoms with E-state index in [9.17, 15) is 4.39 Å². The highest BCUT2D eigenvalue weighted by Gasteiger charge is 2.08. The van der Waals surface area contributed by atoms with E-state index in [1.54, 1.807) is 12.1 Å². The third-order valence-corrected chi connectivity index (χ3v) is 2.48. The van der Waals surface area contributed by atoms with E-state index in [0.717, 1.165) is 0 Å². The van der Waals surface area contributed by atoms with Gasteiger partial charge in [-0.2, -0.15) is 0 Å². The number of hydrogen-bond donors (Lipinski definition) is 1. The molecule has 0 aliphatic carbocycles. The van der Waals surface area contributed by atoms with Crippen LogP contribution in [-0.4, -0.2) is 8.07 Å². The minimum absolute atomic E-state index is 0.160. The van der Waals surface area contributed by atoms with Crippen LogP contribution in [0.3, 0.4) is 0 Å². The molecule has 1 nitrogen and oxygen atoms in total. The number of anilines is 1. The Kier molecular flexibility index (Phi) is 2.97. The van der Waals surface area contributed by atoms with Gasteiger partial charge in [-0.3, -0.25) is 0 Å². The van der Waals surface area contributed by atoms with Gasteiger partial charge < -0.3 is 5.73 Å². The summed E-state index contributed by atoms with van der Waals surface area (Å²) >= 11 is 0. The Labute approximate surface area is 85.1 Å². The smallest absolute Gasteiger partial charge is 0.161 e. The van der Waals surface area contributed by atoms with Gasteiger partial charge >= 0.3 is 0 Å². The van der Waals surface area contributed by atoms with Crippen molar-refractivity contribution in [1.82, 2.24) is 0 Å². The van der Waals surface area contributed by atoms with Crippen molar-refractivity contribution in [2.24, 2.45) is 0 Å². The summed E-state index contributed by atoms with van der Waals surface area (Å²) in [6.45, 7) is 6.35. The van der Waals surface area contributed by atoms with Crippen molar-refractivity contribution in [3.05, 3.63) is 29.6 Å². The molecule has 0 heterocycles. The first-order valence-corrected chi connectivity index (χ1v) is 7.97. The lowest BCUT2D eigenvalue weighted by Gasteiger charge is -2.04. The normalized spacial score (nSPS) is 10.6. The third-order valence-electron chi connectivity index (χ3n) is 1.60. The van der Waals surface area contributed by atoms with Gasteiger partial charge in [0.2, 0.25) is 0 Å². The highest BCUT2D eigenvalue weighted by Crippen LogP contribution is 2.13. The fraction of sp³-hybridized carbons (Fsp3) is 0.273. The Morgan fingerprint density at radius 3 is 2.50 bits per heavy atom. The molecule has 2 N–H and O–H groups in total. The van der Waals surface area contributed by atoms with Crippen molar-refractivity contribution in [2.75, 3.05) is 5.73 Å². The minimum atomic E-state index is -1.45. The molecule has 0 saturated heterocycles. The quantitative estimate of drug-likeness (QED) is 0.395. The summed E-state index contributed by atoms with van der Waals surface area (Å²) in [4.78, 5) is 0. The first-order chi connectivity index (χ1) is 6.40. The van der Waals surface area contributed by atoms with Crippen LogP contribution in [0.15, 0.2) is 18.2 Å². The second kappa shape index (κ2) is 3.85. The van der Waals surface area contributed by atoms with Crippen LogP contribution in [0.1, 0.15) is 5.56 Å². The van der Waals surface area contributed by atoms with Gasteiger partial charge in [0.15, 0.2) is 5.82 Å². The second-order valence-electron chi connectivity index (χ2n) is 4.21. The molecule has 14 heavy (non-hydrogen) atoms. The molecule has 0 aliphatic heterocycles. The van der Waals surface area contributed by atoms with Crippen molar-refractivity contribution in [1.29, 1.82) is 0 Å². The summed E-state index contributed by atoms with van der Waals surface area (Å²) in [6, 6.07) is 4.90.